The van der Waals surface area contributed by atoms with Crippen LogP contribution >= 0.6 is 43.5 Å². The Morgan fingerprint density at radius 3 is 2.57 bits per heavy atom. The molecule has 0 fully saturated rings. The van der Waals surface area contributed by atoms with Crippen LogP contribution in [-0.2, 0) is 6.61 Å². The summed E-state index contributed by atoms with van der Waals surface area (Å²) >= 11 is 13.3. The number of carbonyl (C=O) groups is 2. The third-order valence-electron chi connectivity index (χ3n) is 5.05. The molecule has 4 aromatic rings. The number of ether oxygens (including phenoxy) is 2. The number of amides is 1. The molecule has 11 heteroatoms. The number of nitrogens with one attached hydrogen (secondary N) is 1. The van der Waals surface area contributed by atoms with E-state index in [2.05, 4.69) is 42.4 Å². The van der Waals surface area contributed by atoms with E-state index in [0.29, 0.717) is 29.3 Å². The van der Waals surface area contributed by atoms with Crippen molar-refractivity contribution in [2.24, 2.45) is 5.10 Å². The summed E-state index contributed by atoms with van der Waals surface area (Å²) in [6.45, 7) is 2.36. The Labute approximate surface area is 233 Å². The molecule has 2 N–H and O–H groups in total. The van der Waals surface area contributed by atoms with Crippen molar-refractivity contribution < 1.29 is 28.6 Å². The molecule has 37 heavy (non-hydrogen) atoms. The van der Waals surface area contributed by atoms with Crippen LogP contribution in [0.4, 0.5) is 0 Å². The van der Waals surface area contributed by atoms with Gasteiger partial charge >= 0.3 is 11.9 Å². The Hall–Kier alpha value is -3.34. The van der Waals surface area contributed by atoms with Crippen molar-refractivity contribution in [2.45, 2.75) is 13.5 Å². The highest BCUT2D eigenvalue weighted by molar-refractivity contribution is 9.11. The van der Waals surface area contributed by atoms with Crippen molar-refractivity contribution >= 4 is 72.5 Å². The molecule has 0 bridgehead atoms. The molecule has 1 amide bonds. The lowest BCUT2D eigenvalue weighted by Gasteiger charge is -2.14. The molecule has 0 spiro atoms. The first-order valence-electron chi connectivity index (χ1n) is 10.9. The van der Waals surface area contributed by atoms with Crippen LogP contribution in [0, 0.1) is 0 Å². The molecule has 0 aliphatic carbocycles. The van der Waals surface area contributed by atoms with Crippen molar-refractivity contribution in [3.63, 3.8) is 0 Å². The van der Waals surface area contributed by atoms with Gasteiger partial charge in [-0.2, -0.15) is 5.10 Å². The maximum Gasteiger partial charge on any atom is 0.335 e. The van der Waals surface area contributed by atoms with E-state index < -0.39 is 11.9 Å². The molecule has 0 aliphatic heterocycles. The van der Waals surface area contributed by atoms with Crippen LogP contribution in [-0.4, -0.2) is 29.8 Å². The van der Waals surface area contributed by atoms with Crippen molar-refractivity contribution in [3.05, 3.63) is 91.0 Å². The van der Waals surface area contributed by atoms with Crippen molar-refractivity contribution in [3.8, 4) is 11.5 Å². The summed E-state index contributed by atoms with van der Waals surface area (Å²) < 4.78 is 18.8. The fourth-order valence-electron chi connectivity index (χ4n) is 3.37. The second-order valence-corrected chi connectivity index (χ2v) is 9.85. The number of nitrogens with zero attached hydrogens (tertiary/aromatic N) is 1. The van der Waals surface area contributed by atoms with Crippen molar-refractivity contribution in [1.29, 1.82) is 0 Å². The smallest absolute Gasteiger partial charge is 0.335 e. The van der Waals surface area contributed by atoms with Crippen LogP contribution in [0.2, 0.25) is 5.02 Å². The van der Waals surface area contributed by atoms with Gasteiger partial charge in [0.15, 0.2) is 17.3 Å². The first-order chi connectivity index (χ1) is 17.7. The van der Waals surface area contributed by atoms with E-state index in [1.165, 1.54) is 18.3 Å². The number of carbonyl (C=O) groups excluding carboxylic acids is 1. The van der Waals surface area contributed by atoms with Gasteiger partial charge in [0.1, 0.15) is 12.2 Å². The van der Waals surface area contributed by atoms with Gasteiger partial charge in [0.25, 0.3) is 0 Å². The lowest BCUT2D eigenvalue weighted by Crippen LogP contribution is -2.16. The van der Waals surface area contributed by atoms with E-state index in [1.54, 1.807) is 30.3 Å². The number of benzene rings is 3. The molecule has 1 heterocycles. The van der Waals surface area contributed by atoms with E-state index >= 15 is 0 Å². The normalized spacial score (nSPS) is 11.1. The van der Waals surface area contributed by atoms with Gasteiger partial charge in [-0.05, 0) is 76.4 Å². The lowest BCUT2D eigenvalue weighted by atomic mass is 10.1. The first-order valence-corrected chi connectivity index (χ1v) is 12.8. The molecule has 0 unspecified atom stereocenters. The first kappa shape index (κ1) is 26.7. The summed E-state index contributed by atoms with van der Waals surface area (Å²) in [5.74, 6) is -0.662. The highest BCUT2D eigenvalue weighted by Crippen LogP contribution is 2.37. The molecule has 4 rings (SSSR count). The molecule has 190 valence electrons. The van der Waals surface area contributed by atoms with Crippen LogP contribution in [0.1, 0.15) is 39.0 Å². The van der Waals surface area contributed by atoms with Gasteiger partial charge in [0.2, 0.25) is 0 Å². The minimum Gasteiger partial charge on any atom is -0.490 e. The van der Waals surface area contributed by atoms with Crippen molar-refractivity contribution in [2.75, 3.05) is 6.61 Å². The predicted octanol–water partition coefficient (Wildman–Crippen LogP) is 7.05. The quantitative estimate of drug-likeness (QED) is 0.148. The van der Waals surface area contributed by atoms with Gasteiger partial charge in [-0.1, -0.05) is 39.7 Å². The summed E-state index contributed by atoms with van der Waals surface area (Å²) in [7, 11) is 0. The molecule has 0 radical (unpaired) electrons. The number of carboxylic acid groups (broad SMARTS) is 1. The minimum atomic E-state index is -0.999. The molecule has 8 nitrogen and oxygen atoms in total. The Balaban J connectivity index is 1.46. The number of fused-ring (bicyclic) bond motifs is 1. The van der Waals surface area contributed by atoms with E-state index in [0.717, 1.165) is 19.9 Å². The van der Waals surface area contributed by atoms with E-state index in [4.69, 9.17) is 30.6 Å². The molecule has 1 aromatic heterocycles. The monoisotopic (exact) mass is 648 g/mol. The van der Waals surface area contributed by atoms with Gasteiger partial charge < -0.3 is 19.0 Å². The molecule has 3 aromatic carbocycles. The Kier molecular flexibility index (Phi) is 8.52. The maximum atomic E-state index is 12.5. The average molecular weight is 651 g/mol. The Morgan fingerprint density at radius 1 is 1.11 bits per heavy atom. The van der Waals surface area contributed by atoms with Gasteiger partial charge in [0, 0.05) is 9.86 Å². The standard InChI is InChI=1S/C26H19Br2ClN2O6/c1-2-35-21-8-15(7-20(29)24(21)36-13-14-3-5-16(6-4-14)26(33)34)12-30-31-25(32)22-10-17-9-18(27)11-19(28)23(17)37-22/h3-12H,2,13H2,1H3,(H,31,32)(H,33,34)/b30-12-. The van der Waals surface area contributed by atoms with Crippen LogP contribution < -0.4 is 14.9 Å². The second kappa shape index (κ2) is 11.8. The maximum absolute atomic E-state index is 12.5. The van der Waals surface area contributed by atoms with Crippen LogP contribution in [0.15, 0.2) is 73.1 Å². The molecule has 0 atom stereocenters. The second-order valence-electron chi connectivity index (χ2n) is 7.67. The number of carboxylic acids is 1. The predicted molar refractivity (Wildman–Crippen MR) is 147 cm³/mol. The zero-order chi connectivity index (χ0) is 26.5. The van der Waals surface area contributed by atoms with Crippen LogP contribution in [0.3, 0.4) is 0 Å². The van der Waals surface area contributed by atoms with Crippen molar-refractivity contribution in [1.82, 2.24) is 5.43 Å². The molecule has 0 aliphatic rings. The van der Waals surface area contributed by atoms with Gasteiger partial charge in [-0.15, -0.1) is 0 Å². The molecular weight excluding hydrogens is 632 g/mol. The summed E-state index contributed by atoms with van der Waals surface area (Å²) in [6, 6.07) is 14.9. The van der Waals surface area contributed by atoms with Crippen LogP contribution in [0.5, 0.6) is 11.5 Å². The van der Waals surface area contributed by atoms with Gasteiger partial charge in [-0.3, -0.25) is 4.79 Å². The summed E-state index contributed by atoms with van der Waals surface area (Å²) in [5.41, 5.74) is 4.52. The molecular formula is C26H19Br2ClN2O6. The largest absolute Gasteiger partial charge is 0.490 e. The third kappa shape index (κ3) is 6.51. The number of hydrogen-bond acceptors (Lipinski definition) is 6. The zero-order valence-electron chi connectivity index (χ0n) is 19.3. The lowest BCUT2D eigenvalue weighted by molar-refractivity contribution is 0.0696. The highest BCUT2D eigenvalue weighted by atomic mass is 79.9. The third-order valence-corrected chi connectivity index (χ3v) is 6.38. The summed E-state index contributed by atoms with van der Waals surface area (Å²) in [4.78, 5) is 23.5. The summed E-state index contributed by atoms with van der Waals surface area (Å²) in [5, 5.41) is 14.1. The average Bonchev–Trinajstić information content (AvgIpc) is 3.28. The van der Waals surface area contributed by atoms with E-state index in [1.807, 2.05) is 19.1 Å². The number of furan rings is 1. The number of aromatic carboxylic acids is 1. The Bertz CT molecular complexity index is 1500. The number of rotatable bonds is 9. The molecule has 0 saturated carbocycles. The zero-order valence-corrected chi connectivity index (χ0v) is 23.2. The Morgan fingerprint density at radius 2 is 1.86 bits per heavy atom. The SMILES string of the molecule is CCOc1cc(/C=N\NC(=O)c2cc3cc(Br)cc(Br)c3o2)cc(Cl)c1OCc1ccc(C(=O)O)cc1. The van der Waals surface area contributed by atoms with Gasteiger partial charge in [0.05, 0.1) is 27.9 Å². The topological polar surface area (TPSA) is 110 Å². The van der Waals surface area contributed by atoms with Gasteiger partial charge in [-0.25, -0.2) is 10.2 Å². The molecule has 0 saturated heterocycles. The minimum absolute atomic E-state index is 0.110. The van der Waals surface area contributed by atoms with E-state index in [9.17, 15) is 9.59 Å². The highest BCUT2D eigenvalue weighted by Gasteiger charge is 2.15. The number of hydrogen-bond donors (Lipinski definition) is 2. The fraction of sp³-hybridized carbons (Fsp3) is 0.115. The summed E-state index contributed by atoms with van der Waals surface area (Å²) in [6.07, 6.45) is 1.43. The van der Waals surface area contributed by atoms with E-state index in [-0.39, 0.29) is 23.0 Å². The number of hydrazone groups is 1. The van der Waals surface area contributed by atoms with Crippen LogP contribution in [0.25, 0.3) is 11.0 Å². The fourth-order valence-corrected chi connectivity index (χ4v) is 4.99. The number of halogens is 3.